The molecule has 1 fully saturated rings. The molecule has 0 bridgehead atoms. The van der Waals surface area contributed by atoms with E-state index in [4.69, 9.17) is 0 Å². The maximum Gasteiger partial charge on any atom is 0.182 e. The van der Waals surface area contributed by atoms with Gasteiger partial charge in [0.05, 0.1) is 10.1 Å². The van der Waals surface area contributed by atoms with Crippen molar-refractivity contribution in [1.82, 2.24) is 5.32 Å². The summed E-state index contributed by atoms with van der Waals surface area (Å²) in [6.07, 6.45) is 0.706. The lowest BCUT2D eigenvalue weighted by atomic mass is 10.2. The first-order chi connectivity index (χ1) is 7.10. The Morgan fingerprint density at radius 3 is 2.47 bits per heavy atom. The van der Waals surface area contributed by atoms with E-state index < -0.39 is 9.84 Å². The minimum atomic E-state index is -3.13. The van der Waals surface area contributed by atoms with Crippen molar-refractivity contribution in [1.29, 1.82) is 0 Å². The van der Waals surface area contributed by atoms with Gasteiger partial charge in [0.1, 0.15) is 0 Å². The van der Waals surface area contributed by atoms with Crippen LogP contribution in [0.1, 0.15) is 13.3 Å². The van der Waals surface area contributed by atoms with E-state index in [-0.39, 0.29) is 5.25 Å². The summed E-state index contributed by atoms with van der Waals surface area (Å²) in [5.74, 6) is 0. The molecule has 2 rings (SSSR count). The minimum Gasteiger partial charge on any atom is -0.313 e. The quantitative estimate of drug-likeness (QED) is 0.823. The molecule has 1 aromatic carbocycles. The molecular weight excluding hydrogens is 210 g/mol. The van der Waals surface area contributed by atoms with E-state index in [2.05, 4.69) is 5.32 Å². The summed E-state index contributed by atoms with van der Waals surface area (Å²) >= 11 is 0. The van der Waals surface area contributed by atoms with Crippen LogP contribution in [0.3, 0.4) is 0 Å². The molecule has 15 heavy (non-hydrogen) atoms. The lowest BCUT2D eigenvalue weighted by molar-refractivity contribution is 0.581. The molecule has 0 unspecified atom stereocenters. The Hall–Kier alpha value is -0.870. The SMILES string of the molecule is C[C@@H]1C[C@@H](S(=O)(=O)c2ccccc2)CN1. The molecule has 2 atom stereocenters. The highest BCUT2D eigenvalue weighted by atomic mass is 32.2. The first-order valence-electron chi connectivity index (χ1n) is 5.13. The van der Waals surface area contributed by atoms with Crippen LogP contribution in [0, 0.1) is 0 Å². The second kappa shape index (κ2) is 3.94. The van der Waals surface area contributed by atoms with Gasteiger partial charge >= 0.3 is 0 Å². The second-order valence-corrected chi connectivity index (χ2v) is 6.25. The molecule has 4 heteroatoms. The number of nitrogens with one attached hydrogen (secondary N) is 1. The molecule has 1 aliphatic heterocycles. The van der Waals surface area contributed by atoms with Gasteiger partial charge in [-0.25, -0.2) is 8.42 Å². The zero-order valence-corrected chi connectivity index (χ0v) is 9.50. The first-order valence-corrected chi connectivity index (χ1v) is 6.67. The lowest BCUT2D eigenvalue weighted by Crippen LogP contribution is -2.24. The summed E-state index contributed by atoms with van der Waals surface area (Å²) in [4.78, 5) is 0.436. The summed E-state index contributed by atoms with van der Waals surface area (Å²) in [6, 6.07) is 8.98. The van der Waals surface area contributed by atoms with Crippen molar-refractivity contribution in [2.24, 2.45) is 0 Å². The van der Waals surface area contributed by atoms with Gasteiger partial charge in [0.2, 0.25) is 0 Å². The van der Waals surface area contributed by atoms with Crippen LogP contribution in [-0.4, -0.2) is 26.3 Å². The fourth-order valence-corrected chi connectivity index (χ4v) is 3.71. The van der Waals surface area contributed by atoms with Gasteiger partial charge in [0.15, 0.2) is 9.84 Å². The molecule has 1 N–H and O–H groups in total. The van der Waals surface area contributed by atoms with Crippen molar-refractivity contribution in [2.75, 3.05) is 6.54 Å². The Balaban J connectivity index is 2.28. The smallest absolute Gasteiger partial charge is 0.182 e. The summed E-state index contributed by atoms with van der Waals surface area (Å²) in [5, 5.41) is 2.90. The topological polar surface area (TPSA) is 46.2 Å². The van der Waals surface area contributed by atoms with Gasteiger partial charge in [0, 0.05) is 12.6 Å². The average molecular weight is 225 g/mol. The summed E-state index contributed by atoms with van der Waals surface area (Å²) in [5.41, 5.74) is 0. The van der Waals surface area contributed by atoms with Gasteiger partial charge < -0.3 is 5.32 Å². The molecule has 0 radical (unpaired) electrons. The Morgan fingerprint density at radius 2 is 1.93 bits per heavy atom. The van der Waals surface area contributed by atoms with E-state index in [1.54, 1.807) is 24.3 Å². The average Bonchev–Trinajstić information content (AvgIpc) is 2.67. The largest absolute Gasteiger partial charge is 0.313 e. The second-order valence-electron chi connectivity index (χ2n) is 4.03. The van der Waals surface area contributed by atoms with Crippen LogP contribution < -0.4 is 5.32 Å². The van der Waals surface area contributed by atoms with Gasteiger partial charge in [-0.05, 0) is 25.5 Å². The van der Waals surface area contributed by atoms with E-state index in [0.717, 1.165) is 0 Å². The fraction of sp³-hybridized carbons (Fsp3) is 0.455. The van der Waals surface area contributed by atoms with Crippen molar-refractivity contribution < 1.29 is 8.42 Å². The minimum absolute atomic E-state index is 0.269. The molecule has 0 amide bonds. The monoisotopic (exact) mass is 225 g/mol. The van der Waals surface area contributed by atoms with Crippen molar-refractivity contribution in [2.45, 2.75) is 29.5 Å². The maximum absolute atomic E-state index is 12.1. The molecule has 0 aliphatic carbocycles. The standard InChI is InChI=1S/C11H15NO2S/c1-9-7-11(8-12-9)15(13,14)10-5-3-2-4-6-10/h2-6,9,11-12H,7-8H2,1H3/t9-,11-/m1/s1. The summed E-state index contributed by atoms with van der Waals surface area (Å²) < 4.78 is 24.3. The van der Waals surface area contributed by atoms with Gasteiger partial charge in [0.25, 0.3) is 0 Å². The summed E-state index contributed by atoms with van der Waals surface area (Å²) in [7, 11) is -3.13. The molecule has 0 spiro atoms. The van der Waals surface area contributed by atoms with Crippen molar-refractivity contribution >= 4 is 9.84 Å². The van der Waals surface area contributed by atoms with Crippen molar-refractivity contribution in [3.63, 3.8) is 0 Å². The third kappa shape index (κ3) is 2.06. The fourth-order valence-electron chi connectivity index (χ4n) is 1.93. The number of hydrogen-bond donors (Lipinski definition) is 1. The Morgan fingerprint density at radius 1 is 1.27 bits per heavy atom. The molecule has 1 aromatic rings. The molecule has 82 valence electrons. The van der Waals surface area contributed by atoms with Crippen LogP contribution in [0.4, 0.5) is 0 Å². The van der Waals surface area contributed by atoms with Crippen LogP contribution >= 0.6 is 0 Å². The first kappa shape index (κ1) is 10.6. The van der Waals surface area contributed by atoms with E-state index in [1.807, 2.05) is 13.0 Å². The normalized spacial score (nSPS) is 26.7. The van der Waals surface area contributed by atoms with Crippen molar-refractivity contribution in [3.8, 4) is 0 Å². The van der Waals surface area contributed by atoms with Crippen LogP contribution in [0.2, 0.25) is 0 Å². The maximum atomic E-state index is 12.1. The zero-order chi connectivity index (χ0) is 10.9. The highest BCUT2D eigenvalue weighted by molar-refractivity contribution is 7.92. The Labute approximate surface area is 90.4 Å². The molecule has 1 saturated heterocycles. The van der Waals surface area contributed by atoms with Crippen LogP contribution in [0.25, 0.3) is 0 Å². The van der Waals surface area contributed by atoms with E-state index in [0.29, 0.717) is 23.9 Å². The predicted octanol–water partition coefficient (Wildman–Crippen LogP) is 1.21. The van der Waals surface area contributed by atoms with Crippen LogP contribution in [0.15, 0.2) is 35.2 Å². The summed E-state index contributed by atoms with van der Waals surface area (Å²) in [6.45, 7) is 2.58. The third-order valence-electron chi connectivity index (χ3n) is 2.82. The highest BCUT2D eigenvalue weighted by Gasteiger charge is 2.32. The molecule has 0 saturated carbocycles. The van der Waals surface area contributed by atoms with E-state index in [1.165, 1.54) is 0 Å². The van der Waals surface area contributed by atoms with Gasteiger partial charge in [-0.3, -0.25) is 0 Å². The molecule has 0 aromatic heterocycles. The van der Waals surface area contributed by atoms with Gasteiger partial charge in [-0.15, -0.1) is 0 Å². The van der Waals surface area contributed by atoms with Crippen LogP contribution in [0.5, 0.6) is 0 Å². The Bertz CT molecular complexity index is 427. The Kier molecular flexibility index (Phi) is 2.80. The predicted molar refractivity (Wildman–Crippen MR) is 59.5 cm³/mol. The highest BCUT2D eigenvalue weighted by Crippen LogP contribution is 2.22. The number of hydrogen-bond acceptors (Lipinski definition) is 3. The zero-order valence-electron chi connectivity index (χ0n) is 8.68. The van der Waals surface area contributed by atoms with Gasteiger partial charge in [-0.1, -0.05) is 18.2 Å². The molecule has 3 nitrogen and oxygen atoms in total. The number of sulfone groups is 1. The van der Waals surface area contributed by atoms with Crippen LogP contribution in [-0.2, 0) is 9.84 Å². The molecule has 1 aliphatic rings. The lowest BCUT2D eigenvalue weighted by Gasteiger charge is -2.10. The van der Waals surface area contributed by atoms with E-state index in [9.17, 15) is 8.42 Å². The number of benzene rings is 1. The number of rotatable bonds is 2. The van der Waals surface area contributed by atoms with Gasteiger partial charge in [-0.2, -0.15) is 0 Å². The van der Waals surface area contributed by atoms with E-state index >= 15 is 0 Å². The molecule has 1 heterocycles. The molecular formula is C11H15NO2S. The van der Waals surface area contributed by atoms with Crippen molar-refractivity contribution in [3.05, 3.63) is 30.3 Å². The third-order valence-corrected chi connectivity index (χ3v) is 4.99.